The minimum Gasteiger partial charge on any atom is -0.356 e. The molecule has 104 valence electrons. The fourth-order valence-corrected chi connectivity index (χ4v) is 2.90. The zero-order chi connectivity index (χ0) is 13.0. The molecule has 4 heteroatoms. The van der Waals surface area contributed by atoms with Crippen molar-refractivity contribution in [2.24, 2.45) is 16.8 Å². The Bertz CT molecular complexity index is 288. The molecule has 1 fully saturated rings. The fraction of sp³-hybridized carbons (Fsp3) is 0.929. The zero-order valence-corrected chi connectivity index (χ0v) is 12.1. The van der Waals surface area contributed by atoms with Crippen LogP contribution in [0.5, 0.6) is 0 Å². The number of rotatable bonds is 4. The molecule has 1 saturated heterocycles. The summed E-state index contributed by atoms with van der Waals surface area (Å²) in [5.41, 5.74) is 0. The normalized spacial score (nSPS) is 29.2. The molecule has 2 aliphatic rings. The van der Waals surface area contributed by atoms with E-state index in [0.29, 0.717) is 6.04 Å². The van der Waals surface area contributed by atoms with E-state index >= 15 is 0 Å². The Morgan fingerprint density at radius 3 is 3.00 bits per heavy atom. The van der Waals surface area contributed by atoms with Crippen molar-refractivity contribution in [1.29, 1.82) is 0 Å². The highest BCUT2D eigenvalue weighted by atomic mass is 15.2. The monoisotopic (exact) mass is 252 g/mol. The quantitative estimate of drug-likeness (QED) is 0.792. The van der Waals surface area contributed by atoms with Crippen LogP contribution in [0.4, 0.5) is 0 Å². The first-order valence-electron chi connectivity index (χ1n) is 7.40. The number of nitrogens with one attached hydrogen (secondary N) is 2. The first kappa shape index (κ1) is 13.7. The maximum atomic E-state index is 4.45. The number of hydrogen-bond acceptors (Lipinski definition) is 4. The number of hydrogen-bond donors (Lipinski definition) is 2. The van der Waals surface area contributed by atoms with E-state index in [-0.39, 0.29) is 0 Å². The first-order chi connectivity index (χ1) is 8.63. The number of guanidine groups is 1. The highest BCUT2D eigenvalue weighted by Gasteiger charge is 2.21. The first-order valence-corrected chi connectivity index (χ1v) is 7.40. The molecule has 0 amide bonds. The van der Waals surface area contributed by atoms with Crippen molar-refractivity contribution in [2.45, 2.75) is 39.7 Å². The average Bonchev–Trinajstić information content (AvgIpc) is 2.72. The lowest BCUT2D eigenvalue weighted by atomic mass is 9.97. The molecule has 2 unspecified atom stereocenters. The lowest BCUT2D eigenvalue weighted by molar-refractivity contribution is 0.159. The van der Waals surface area contributed by atoms with Crippen LogP contribution in [0.25, 0.3) is 0 Å². The molecule has 0 aromatic rings. The third-order valence-electron chi connectivity index (χ3n) is 3.69. The van der Waals surface area contributed by atoms with Gasteiger partial charge in [0.2, 0.25) is 0 Å². The van der Waals surface area contributed by atoms with Crippen LogP contribution in [0.2, 0.25) is 0 Å². The summed E-state index contributed by atoms with van der Waals surface area (Å²) in [7, 11) is 0. The Morgan fingerprint density at radius 2 is 2.33 bits per heavy atom. The minimum atomic E-state index is 0.497. The van der Waals surface area contributed by atoms with Crippen LogP contribution in [0.3, 0.4) is 0 Å². The molecule has 4 nitrogen and oxygen atoms in total. The molecule has 2 aliphatic heterocycles. The van der Waals surface area contributed by atoms with Crippen molar-refractivity contribution in [3.8, 4) is 0 Å². The molecule has 0 spiro atoms. The van der Waals surface area contributed by atoms with Crippen molar-refractivity contribution in [3.63, 3.8) is 0 Å². The van der Waals surface area contributed by atoms with Gasteiger partial charge in [-0.15, -0.1) is 0 Å². The van der Waals surface area contributed by atoms with E-state index in [4.69, 9.17) is 0 Å². The predicted molar refractivity (Wildman–Crippen MR) is 76.9 cm³/mol. The Kier molecular flexibility index (Phi) is 4.87. The summed E-state index contributed by atoms with van der Waals surface area (Å²) >= 11 is 0. The van der Waals surface area contributed by atoms with E-state index in [9.17, 15) is 0 Å². The Hall–Kier alpha value is -0.770. The second-order valence-corrected chi connectivity index (χ2v) is 6.28. The van der Waals surface area contributed by atoms with E-state index in [2.05, 4.69) is 41.3 Å². The van der Waals surface area contributed by atoms with E-state index in [1.807, 2.05) is 0 Å². The van der Waals surface area contributed by atoms with Crippen LogP contribution in [-0.2, 0) is 0 Å². The number of aliphatic imine (C=N–C) groups is 1. The van der Waals surface area contributed by atoms with Gasteiger partial charge in [0.15, 0.2) is 5.96 Å². The minimum absolute atomic E-state index is 0.497. The van der Waals surface area contributed by atoms with Gasteiger partial charge in [0.25, 0.3) is 0 Å². The largest absolute Gasteiger partial charge is 0.356 e. The van der Waals surface area contributed by atoms with Gasteiger partial charge in [-0.2, -0.15) is 0 Å². The molecule has 0 aromatic carbocycles. The summed E-state index contributed by atoms with van der Waals surface area (Å²) < 4.78 is 0. The summed E-state index contributed by atoms with van der Waals surface area (Å²) in [6.07, 6.45) is 2.69. The molecule has 0 radical (unpaired) electrons. The fourth-order valence-electron chi connectivity index (χ4n) is 2.90. The van der Waals surface area contributed by atoms with Gasteiger partial charge in [-0.05, 0) is 38.1 Å². The molecule has 0 saturated carbocycles. The molecule has 2 heterocycles. The molecule has 2 rings (SSSR count). The van der Waals surface area contributed by atoms with Crippen molar-refractivity contribution in [1.82, 2.24) is 15.5 Å². The second-order valence-electron chi connectivity index (χ2n) is 6.28. The number of piperidine rings is 1. The SMILES string of the molecule is CC(C)CN1CCCC(CNC2=NCC(C)N2)C1. The van der Waals surface area contributed by atoms with Crippen LogP contribution < -0.4 is 10.6 Å². The van der Waals surface area contributed by atoms with Gasteiger partial charge >= 0.3 is 0 Å². The van der Waals surface area contributed by atoms with Gasteiger partial charge < -0.3 is 15.5 Å². The topological polar surface area (TPSA) is 39.7 Å². The van der Waals surface area contributed by atoms with E-state index in [1.54, 1.807) is 0 Å². The predicted octanol–water partition coefficient (Wildman–Crippen LogP) is 1.29. The molecule has 0 aromatic heterocycles. The van der Waals surface area contributed by atoms with Gasteiger partial charge in [-0.3, -0.25) is 4.99 Å². The Morgan fingerprint density at radius 1 is 1.50 bits per heavy atom. The summed E-state index contributed by atoms with van der Waals surface area (Å²) in [5, 5.41) is 6.83. The summed E-state index contributed by atoms with van der Waals surface area (Å²) in [6.45, 7) is 12.5. The number of likely N-dealkylation sites (tertiary alicyclic amines) is 1. The van der Waals surface area contributed by atoms with Gasteiger partial charge in [-0.1, -0.05) is 13.8 Å². The Balaban J connectivity index is 1.69. The second kappa shape index (κ2) is 6.41. The van der Waals surface area contributed by atoms with Crippen molar-refractivity contribution in [3.05, 3.63) is 0 Å². The van der Waals surface area contributed by atoms with Crippen molar-refractivity contribution >= 4 is 5.96 Å². The molecular formula is C14H28N4. The van der Waals surface area contributed by atoms with E-state index < -0.39 is 0 Å². The van der Waals surface area contributed by atoms with Gasteiger partial charge in [-0.25, -0.2) is 0 Å². The van der Waals surface area contributed by atoms with Gasteiger partial charge in [0.1, 0.15) is 0 Å². The molecule has 2 atom stereocenters. The highest BCUT2D eigenvalue weighted by Crippen LogP contribution is 2.16. The van der Waals surface area contributed by atoms with Crippen LogP contribution in [0.1, 0.15) is 33.6 Å². The summed E-state index contributed by atoms with van der Waals surface area (Å²) in [4.78, 5) is 7.07. The van der Waals surface area contributed by atoms with Crippen LogP contribution in [0, 0.1) is 11.8 Å². The van der Waals surface area contributed by atoms with Crippen LogP contribution in [-0.4, -0.2) is 49.6 Å². The van der Waals surface area contributed by atoms with Crippen molar-refractivity contribution < 1.29 is 0 Å². The molecule has 18 heavy (non-hydrogen) atoms. The maximum Gasteiger partial charge on any atom is 0.191 e. The average molecular weight is 252 g/mol. The van der Waals surface area contributed by atoms with Gasteiger partial charge in [0, 0.05) is 25.7 Å². The third-order valence-corrected chi connectivity index (χ3v) is 3.69. The van der Waals surface area contributed by atoms with Crippen LogP contribution in [0.15, 0.2) is 4.99 Å². The lowest BCUT2D eigenvalue weighted by Gasteiger charge is -2.34. The molecule has 2 N–H and O–H groups in total. The molecular weight excluding hydrogens is 224 g/mol. The molecule has 0 bridgehead atoms. The number of nitrogens with zero attached hydrogens (tertiary/aromatic N) is 2. The van der Waals surface area contributed by atoms with Gasteiger partial charge in [0.05, 0.1) is 6.54 Å². The molecule has 0 aliphatic carbocycles. The maximum absolute atomic E-state index is 4.45. The van der Waals surface area contributed by atoms with Crippen molar-refractivity contribution in [2.75, 3.05) is 32.7 Å². The lowest BCUT2D eigenvalue weighted by Crippen LogP contribution is -2.44. The standard InChI is InChI=1S/C14H28N4/c1-11(2)9-18-6-4-5-13(10-18)8-16-14-15-7-12(3)17-14/h11-13H,4-10H2,1-3H3,(H2,15,16,17). The highest BCUT2D eigenvalue weighted by molar-refractivity contribution is 5.81. The smallest absolute Gasteiger partial charge is 0.191 e. The van der Waals surface area contributed by atoms with E-state index in [0.717, 1.165) is 30.9 Å². The zero-order valence-electron chi connectivity index (χ0n) is 12.1. The summed E-state index contributed by atoms with van der Waals surface area (Å²) in [6, 6.07) is 0.497. The summed E-state index contributed by atoms with van der Waals surface area (Å²) in [5.74, 6) is 2.56. The third kappa shape index (κ3) is 4.16. The Labute approximate surface area is 111 Å². The van der Waals surface area contributed by atoms with Crippen LogP contribution >= 0.6 is 0 Å². The van der Waals surface area contributed by atoms with E-state index in [1.165, 1.54) is 32.5 Å².